The molecule has 4 heteroatoms. The summed E-state index contributed by atoms with van der Waals surface area (Å²) in [5.74, 6) is 0. The average molecular weight is 248 g/mol. The van der Waals surface area contributed by atoms with E-state index in [2.05, 4.69) is 5.32 Å². The van der Waals surface area contributed by atoms with Gasteiger partial charge in [0.05, 0.1) is 12.7 Å². The summed E-state index contributed by atoms with van der Waals surface area (Å²) in [7, 11) is 1.70. The zero-order valence-electron chi connectivity index (χ0n) is 11.1. The molecule has 1 atom stereocenters. The van der Waals surface area contributed by atoms with E-state index >= 15 is 0 Å². The molecule has 1 aromatic rings. The van der Waals surface area contributed by atoms with Crippen molar-refractivity contribution < 1.29 is 9.53 Å². The first-order chi connectivity index (χ1) is 8.61. The summed E-state index contributed by atoms with van der Waals surface area (Å²) >= 11 is 0. The number of hydrogen-bond acceptors (Lipinski definition) is 3. The zero-order valence-corrected chi connectivity index (χ0v) is 11.1. The fraction of sp³-hybridized carbons (Fsp3) is 0.429. The average Bonchev–Trinajstić information content (AvgIpc) is 2.41. The van der Waals surface area contributed by atoms with Gasteiger partial charge >= 0.3 is 0 Å². The summed E-state index contributed by atoms with van der Waals surface area (Å²) in [6, 6.07) is 12.1. The first-order valence-electron chi connectivity index (χ1n) is 5.77. The van der Waals surface area contributed by atoms with Crippen LogP contribution < -0.4 is 5.32 Å². The van der Waals surface area contributed by atoms with E-state index < -0.39 is 5.54 Å². The molecule has 0 heterocycles. The molecule has 1 rings (SSSR count). The summed E-state index contributed by atoms with van der Waals surface area (Å²) in [6.07, 6.45) is 1.18. The third-order valence-corrected chi connectivity index (χ3v) is 2.49. The van der Waals surface area contributed by atoms with E-state index in [1.54, 1.807) is 14.0 Å². The van der Waals surface area contributed by atoms with E-state index in [0.29, 0.717) is 19.4 Å². The number of methoxy groups -OCH3 is 1. The van der Waals surface area contributed by atoms with Crippen LogP contribution in [0.25, 0.3) is 0 Å². The molecule has 0 aliphatic rings. The number of benzene rings is 1. The second-order valence-corrected chi connectivity index (χ2v) is 3.98. The first-order valence-corrected chi connectivity index (χ1v) is 5.77. The number of carbonyl (C=O) groups excluding carboxylic acids is 1. The second-order valence-electron chi connectivity index (χ2n) is 3.98. The normalized spacial score (nSPS) is 12.3. The lowest BCUT2D eigenvalue weighted by Crippen LogP contribution is -2.38. The minimum Gasteiger partial charge on any atom is -0.380 e. The van der Waals surface area contributed by atoms with Gasteiger partial charge in [0.25, 0.3) is 0 Å². The molecule has 98 valence electrons. The van der Waals surface area contributed by atoms with Gasteiger partial charge in [-0.2, -0.15) is 5.26 Å². The van der Waals surface area contributed by atoms with Crippen molar-refractivity contribution in [3.8, 4) is 6.07 Å². The summed E-state index contributed by atoms with van der Waals surface area (Å²) in [6.45, 7) is 4.24. The maximum atomic E-state index is 9.88. The number of nitrogens with zero attached hydrogens (tertiary/aromatic N) is 1. The van der Waals surface area contributed by atoms with Crippen molar-refractivity contribution in [1.29, 1.82) is 5.26 Å². The number of amides is 1. The molecule has 1 amide bonds. The second kappa shape index (κ2) is 9.20. The van der Waals surface area contributed by atoms with Gasteiger partial charge in [0.2, 0.25) is 6.41 Å². The summed E-state index contributed by atoms with van der Waals surface area (Å²) in [5.41, 5.74) is 0.543. The van der Waals surface area contributed by atoms with E-state index in [0.717, 1.165) is 0 Å². The van der Waals surface area contributed by atoms with Crippen LogP contribution in [0, 0.1) is 11.3 Å². The van der Waals surface area contributed by atoms with Crippen LogP contribution in [0.4, 0.5) is 0 Å². The molecular weight excluding hydrogens is 228 g/mol. The van der Waals surface area contributed by atoms with Crippen LogP contribution in [-0.4, -0.2) is 19.1 Å². The van der Waals surface area contributed by atoms with E-state index in [1.165, 1.54) is 5.56 Å². The predicted octanol–water partition coefficient (Wildman–Crippen LogP) is 2.26. The quantitative estimate of drug-likeness (QED) is 0.813. The van der Waals surface area contributed by atoms with E-state index in [-0.39, 0.29) is 0 Å². The highest BCUT2D eigenvalue weighted by molar-refractivity contribution is 5.49. The molecule has 1 unspecified atom stereocenters. The van der Waals surface area contributed by atoms with Gasteiger partial charge < -0.3 is 10.1 Å². The Labute approximate surface area is 109 Å². The van der Waals surface area contributed by atoms with Crippen molar-refractivity contribution in [3.63, 3.8) is 0 Å². The molecule has 4 nitrogen and oxygen atoms in total. The van der Waals surface area contributed by atoms with Crippen molar-refractivity contribution >= 4 is 6.41 Å². The summed E-state index contributed by atoms with van der Waals surface area (Å²) in [4.78, 5) is 9.88. The van der Waals surface area contributed by atoms with Gasteiger partial charge in [-0.3, -0.25) is 4.79 Å². The van der Waals surface area contributed by atoms with E-state index in [1.807, 2.05) is 43.3 Å². The van der Waals surface area contributed by atoms with Gasteiger partial charge in [-0.05, 0) is 18.9 Å². The Bertz CT molecular complexity index is 373. The molecule has 0 bridgehead atoms. The molecule has 0 saturated carbocycles. The highest BCUT2D eigenvalue weighted by Gasteiger charge is 2.18. The van der Waals surface area contributed by atoms with Crippen molar-refractivity contribution in [3.05, 3.63) is 35.9 Å². The first kappa shape index (κ1) is 16.1. The van der Waals surface area contributed by atoms with Crippen LogP contribution in [0.5, 0.6) is 0 Å². The smallest absolute Gasteiger partial charge is 0.208 e. The molecule has 0 aromatic heterocycles. The van der Waals surface area contributed by atoms with Crippen molar-refractivity contribution in [2.24, 2.45) is 0 Å². The molecule has 0 radical (unpaired) electrons. The number of nitrogens with one attached hydrogen (secondary N) is 1. The molecule has 0 fully saturated rings. The van der Waals surface area contributed by atoms with Gasteiger partial charge in [-0.15, -0.1) is 0 Å². The van der Waals surface area contributed by atoms with Crippen molar-refractivity contribution in [2.75, 3.05) is 7.11 Å². The highest BCUT2D eigenvalue weighted by Crippen LogP contribution is 2.04. The lowest BCUT2D eigenvalue weighted by atomic mass is 10.0. The number of hydrogen-bond donors (Lipinski definition) is 1. The van der Waals surface area contributed by atoms with Crippen LogP contribution in [0.15, 0.2) is 30.3 Å². The monoisotopic (exact) mass is 248 g/mol. The van der Waals surface area contributed by atoms with Crippen LogP contribution in [0.2, 0.25) is 0 Å². The van der Waals surface area contributed by atoms with Crippen LogP contribution in [0.3, 0.4) is 0 Å². The fourth-order valence-electron chi connectivity index (χ4n) is 1.08. The van der Waals surface area contributed by atoms with E-state index in [9.17, 15) is 4.79 Å². The van der Waals surface area contributed by atoms with Gasteiger partial charge in [0.15, 0.2) is 0 Å². The molecule has 18 heavy (non-hydrogen) atoms. The standard InChI is InChI=1S/C8H10O.C6H10N2O/c1-9-7-8-5-3-2-4-6-8;1-3-6(2,4-7)8-5-9/h2-6H,7H2,1H3;5H,3H2,1-2H3,(H,8,9). The Hall–Kier alpha value is -1.86. The van der Waals surface area contributed by atoms with Crippen molar-refractivity contribution in [2.45, 2.75) is 32.4 Å². The van der Waals surface area contributed by atoms with Crippen LogP contribution in [0.1, 0.15) is 25.8 Å². The van der Waals surface area contributed by atoms with Gasteiger partial charge in [0.1, 0.15) is 5.54 Å². The van der Waals surface area contributed by atoms with Crippen LogP contribution in [-0.2, 0) is 16.1 Å². The Morgan fingerprint density at radius 1 is 1.44 bits per heavy atom. The maximum absolute atomic E-state index is 9.88. The van der Waals surface area contributed by atoms with Crippen LogP contribution >= 0.6 is 0 Å². The Morgan fingerprint density at radius 3 is 2.39 bits per heavy atom. The topological polar surface area (TPSA) is 62.1 Å². The van der Waals surface area contributed by atoms with Gasteiger partial charge in [-0.25, -0.2) is 0 Å². The lowest BCUT2D eigenvalue weighted by molar-refractivity contribution is -0.110. The maximum Gasteiger partial charge on any atom is 0.208 e. The molecule has 0 spiro atoms. The number of rotatable bonds is 5. The number of nitriles is 1. The molecule has 1 N–H and O–H groups in total. The minimum absolute atomic E-state index is 0.548. The molecule has 1 aromatic carbocycles. The number of ether oxygens (including phenoxy) is 1. The Morgan fingerprint density at radius 2 is 2.06 bits per heavy atom. The Balaban J connectivity index is 0.000000321. The zero-order chi connectivity index (χ0) is 13.9. The highest BCUT2D eigenvalue weighted by atomic mass is 16.5. The molecule has 0 saturated heterocycles. The third-order valence-electron chi connectivity index (χ3n) is 2.49. The molecule has 0 aliphatic carbocycles. The molecule has 0 aliphatic heterocycles. The summed E-state index contributed by atoms with van der Waals surface area (Å²) < 4.78 is 4.93. The molecular formula is C14H20N2O2. The van der Waals surface area contributed by atoms with Gasteiger partial charge in [0, 0.05) is 7.11 Å². The Kier molecular flexibility index (Phi) is 8.25. The minimum atomic E-state index is -0.679. The number of carbonyl (C=O) groups is 1. The SMILES string of the molecule is CCC(C)(C#N)NC=O.COCc1ccccc1. The van der Waals surface area contributed by atoms with E-state index in [4.69, 9.17) is 10.00 Å². The third kappa shape index (κ3) is 6.66. The summed E-state index contributed by atoms with van der Waals surface area (Å²) in [5, 5.41) is 10.9. The van der Waals surface area contributed by atoms with Crippen molar-refractivity contribution in [1.82, 2.24) is 5.32 Å². The lowest BCUT2D eigenvalue weighted by Gasteiger charge is -2.16. The predicted molar refractivity (Wildman–Crippen MR) is 70.7 cm³/mol. The largest absolute Gasteiger partial charge is 0.380 e. The fourth-order valence-corrected chi connectivity index (χ4v) is 1.08. The van der Waals surface area contributed by atoms with Gasteiger partial charge in [-0.1, -0.05) is 37.3 Å².